The summed E-state index contributed by atoms with van der Waals surface area (Å²) in [6, 6.07) is 0. The largest absolute Gasteiger partial charge is 0.468 e. The molecule has 0 atom stereocenters. The lowest BCUT2D eigenvalue weighted by Crippen LogP contribution is -2.40. The highest BCUT2D eigenvalue weighted by atomic mass is 16.5. The summed E-state index contributed by atoms with van der Waals surface area (Å²) in [4.78, 5) is 35.7. The SMILES string of the molecule is C=C=C1CC(C(=O)OC)(C(=O)OC)CC12C=CC(=O)C=C2. The van der Waals surface area contributed by atoms with E-state index in [2.05, 4.69) is 12.3 Å². The van der Waals surface area contributed by atoms with Gasteiger partial charge in [-0.3, -0.25) is 14.4 Å². The first kappa shape index (κ1) is 15.0. The molecule has 2 aliphatic carbocycles. The molecule has 0 aliphatic heterocycles. The van der Waals surface area contributed by atoms with Crippen molar-refractivity contribution < 1.29 is 23.9 Å². The zero-order valence-electron chi connectivity index (χ0n) is 12.0. The molecular weight excluding hydrogens is 272 g/mol. The molecule has 1 fully saturated rings. The molecule has 5 nitrogen and oxygen atoms in total. The summed E-state index contributed by atoms with van der Waals surface area (Å²) >= 11 is 0. The average Bonchev–Trinajstić information content (AvgIpc) is 2.84. The molecule has 2 aliphatic rings. The third-order valence-corrected chi connectivity index (χ3v) is 4.09. The lowest BCUT2D eigenvalue weighted by atomic mass is 9.76. The van der Waals surface area contributed by atoms with Crippen LogP contribution in [0.5, 0.6) is 0 Å². The number of rotatable bonds is 2. The van der Waals surface area contributed by atoms with Gasteiger partial charge in [0.25, 0.3) is 0 Å². The summed E-state index contributed by atoms with van der Waals surface area (Å²) < 4.78 is 9.58. The van der Waals surface area contributed by atoms with Crippen LogP contribution in [0.25, 0.3) is 0 Å². The molecule has 21 heavy (non-hydrogen) atoms. The van der Waals surface area contributed by atoms with Crippen molar-refractivity contribution in [2.24, 2.45) is 10.8 Å². The lowest BCUT2D eigenvalue weighted by molar-refractivity contribution is -0.168. The van der Waals surface area contributed by atoms with Crippen LogP contribution in [0.4, 0.5) is 0 Å². The van der Waals surface area contributed by atoms with Gasteiger partial charge in [-0.15, -0.1) is 5.73 Å². The second kappa shape index (κ2) is 5.19. The maximum absolute atomic E-state index is 12.2. The number of hydrogen-bond donors (Lipinski definition) is 0. The van der Waals surface area contributed by atoms with Gasteiger partial charge in [0, 0.05) is 11.8 Å². The number of carbonyl (C=O) groups is 3. The van der Waals surface area contributed by atoms with Crippen molar-refractivity contribution in [3.63, 3.8) is 0 Å². The zero-order valence-corrected chi connectivity index (χ0v) is 12.0. The van der Waals surface area contributed by atoms with E-state index in [0.717, 1.165) is 0 Å². The highest BCUT2D eigenvalue weighted by Crippen LogP contribution is 2.56. The third-order valence-electron chi connectivity index (χ3n) is 4.09. The van der Waals surface area contributed by atoms with E-state index in [4.69, 9.17) is 9.47 Å². The first-order chi connectivity index (χ1) is 9.94. The number of methoxy groups -OCH3 is 2. The van der Waals surface area contributed by atoms with Gasteiger partial charge in [-0.05, 0) is 24.1 Å². The van der Waals surface area contributed by atoms with Crippen molar-refractivity contribution in [3.05, 3.63) is 42.2 Å². The summed E-state index contributed by atoms with van der Waals surface area (Å²) in [5.74, 6) is -1.45. The summed E-state index contributed by atoms with van der Waals surface area (Å²) in [7, 11) is 2.46. The van der Waals surface area contributed by atoms with E-state index in [0.29, 0.717) is 5.57 Å². The van der Waals surface area contributed by atoms with Gasteiger partial charge < -0.3 is 9.47 Å². The fourth-order valence-corrected chi connectivity index (χ4v) is 3.02. The molecule has 1 spiro atoms. The van der Waals surface area contributed by atoms with Crippen LogP contribution >= 0.6 is 0 Å². The first-order valence-corrected chi connectivity index (χ1v) is 6.43. The lowest BCUT2D eigenvalue weighted by Gasteiger charge is -2.27. The van der Waals surface area contributed by atoms with E-state index in [1.165, 1.54) is 26.4 Å². The number of carbonyl (C=O) groups excluding carboxylic acids is 3. The molecule has 110 valence electrons. The van der Waals surface area contributed by atoms with Crippen molar-refractivity contribution in [1.29, 1.82) is 0 Å². The van der Waals surface area contributed by atoms with E-state index in [1.54, 1.807) is 12.2 Å². The summed E-state index contributed by atoms with van der Waals surface area (Å²) in [5, 5.41) is 0. The van der Waals surface area contributed by atoms with Crippen LogP contribution < -0.4 is 0 Å². The van der Waals surface area contributed by atoms with Crippen LogP contribution in [-0.2, 0) is 23.9 Å². The Balaban J connectivity index is 2.55. The molecular formula is C16H16O5. The van der Waals surface area contributed by atoms with Crippen LogP contribution in [0.2, 0.25) is 0 Å². The monoisotopic (exact) mass is 288 g/mol. The quantitative estimate of drug-likeness (QED) is 0.437. The van der Waals surface area contributed by atoms with Gasteiger partial charge in [0.05, 0.1) is 14.2 Å². The minimum atomic E-state index is -1.43. The molecule has 5 heteroatoms. The van der Waals surface area contributed by atoms with Crippen molar-refractivity contribution in [3.8, 4) is 0 Å². The van der Waals surface area contributed by atoms with Gasteiger partial charge in [-0.1, -0.05) is 18.7 Å². The van der Waals surface area contributed by atoms with E-state index < -0.39 is 22.8 Å². The molecule has 0 heterocycles. The molecule has 2 rings (SSSR count). The van der Waals surface area contributed by atoms with E-state index in [-0.39, 0.29) is 18.6 Å². The molecule has 0 N–H and O–H groups in total. The Bertz CT molecular complexity index is 585. The molecule has 0 unspecified atom stereocenters. The summed E-state index contributed by atoms with van der Waals surface area (Å²) in [6.45, 7) is 3.63. The predicted octanol–water partition coefficient (Wildman–Crippen LogP) is 1.51. The fraction of sp³-hybridized carbons (Fsp3) is 0.375. The van der Waals surface area contributed by atoms with Gasteiger partial charge in [-0.25, -0.2) is 0 Å². The number of esters is 2. The Morgan fingerprint density at radius 1 is 1.19 bits per heavy atom. The minimum absolute atomic E-state index is 0.110. The van der Waals surface area contributed by atoms with Crippen LogP contribution in [0.1, 0.15) is 12.8 Å². The summed E-state index contributed by atoms with van der Waals surface area (Å²) in [5.41, 5.74) is 1.30. The molecule has 0 radical (unpaired) electrons. The van der Waals surface area contributed by atoms with Gasteiger partial charge in [0.15, 0.2) is 11.2 Å². The van der Waals surface area contributed by atoms with Crippen LogP contribution in [0, 0.1) is 10.8 Å². The van der Waals surface area contributed by atoms with E-state index in [9.17, 15) is 14.4 Å². The Kier molecular flexibility index (Phi) is 3.71. The van der Waals surface area contributed by atoms with Gasteiger partial charge in [0.2, 0.25) is 0 Å². The highest BCUT2D eigenvalue weighted by Gasteiger charge is 2.60. The fourth-order valence-electron chi connectivity index (χ4n) is 3.02. The van der Waals surface area contributed by atoms with Crippen LogP contribution in [0.3, 0.4) is 0 Å². The maximum Gasteiger partial charge on any atom is 0.323 e. The minimum Gasteiger partial charge on any atom is -0.468 e. The third kappa shape index (κ3) is 2.16. The predicted molar refractivity (Wildman–Crippen MR) is 74.1 cm³/mol. The average molecular weight is 288 g/mol. The molecule has 0 amide bonds. The molecule has 0 aromatic carbocycles. The Morgan fingerprint density at radius 3 is 2.14 bits per heavy atom. The van der Waals surface area contributed by atoms with E-state index >= 15 is 0 Å². The second-order valence-electron chi connectivity index (χ2n) is 5.18. The molecule has 0 bridgehead atoms. The number of allylic oxidation sites excluding steroid dienone is 5. The molecule has 0 aromatic heterocycles. The maximum atomic E-state index is 12.2. The van der Waals surface area contributed by atoms with Crippen molar-refractivity contribution in [2.75, 3.05) is 14.2 Å². The van der Waals surface area contributed by atoms with Gasteiger partial charge >= 0.3 is 11.9 Å². The van der Waals surface area contributed by atoms with E-state index in [1.807, 2.05) is 0 Å². The topological polar surface area (TPSA) is 69.7 Å². The zero-order chi connectivity index (χ0) is 15.7. The van der Waals surface area contributed by atoms with Crippen molar-refractivity contribution in [2.45, 2.75) is 12.8 Å². The Hall–Kier alpha value is -2.39. The second-order valence-corrected chi connectivity index (χ2v) is 5.18. The molecule has 0 saturated heterocycles. The summed E-state index contributed by atoms with van der Waals surface area (Å²) in [6.07, 6.45) is 6.44. The van der Waals surface area contributed by atoms with Crippen LogP contribution in [0.15, 0.2) is 42.2 Å². The highest BCUT2D eigenvalue weighted by molar-refractivity contribution is 6.03. The first-order valence-electron chi connectivity index (χ1n) is 6.43. The van der Waals surface area contributed by atoms with Crippen LogP contribution in [-0.4, -0.2) is 31.9 Å². The van der Waals surface area contributed by atoms with Gasteiger partial charge in [0.1, 0.15) is 0 Å². The smallest absolute Gasteiger partial charge is 0.323 e. The Labute approximate surface area is 122 Å². The van der Waals surface area contributed by atoms with Gasteiger partial charge in [-0.2, -0.15) is 0 Å². The number of ether oxygens (including phenoxy) is 2. The standard InChI is InChI=1S/C16H16O5/c1-4-11-9-16(13(18)20-2,14(19)21-3)10-15(11)7-5-12(17)6-8-15/h5-8H,1,9-10H2,2-3H3. The van der Waals surface area contributed by atoms with Crippen molar-refractivity contribution >= 4 is 17.7 Å². The molecule has 1 saturated carbocycles. The normalized spacial score (nSPS) is 21.2. The van der Waals surface area contributed by atoms with Crippen molar-refractivity contribution in [1.82, 2.24) is 0 Å². The number of ketones is 1. The Morgan fingerprint density at radius 2 is 1.71 bits per heavy atom. The molecule has 0 aromatic rings. The number of hydrogen-bond acceptors (Lipinski definition) is 5.